The predicted octanol–water partition coefficient (Wildman–Crippen LogP) is 2.75. The molecule has 0 saturated carbocycles. The Bertz CT molecular complexity index is 615. The molecule has 2 rings (SSSR count). The SMILES string of the molecule is Cc1ccc(CCn2nc(C(=O)O)cc2C)c(C)c1. The number of carboxylic acid groups (broad SMARTS) is 1. The van der Waals surface area contributed by atoms with Gasteiger partial charge in [-0.3, -0.25) is 4.68 Å². The van der Waals surface area contributed by atoms with Gasteiger partial charge in [0.25, 0.3) is 0 Å². The molecule has 0 unspecified atom stereocenters. The monoisotopic (exact) mass is 258 g/mol. The summed E-state index contributed by atoms with van der Waals surface area (Å²) in [6.45, 7) is 6.75. The second kappa shape index (κ2) is 5.26. The highest BCUT2D eigenvalue weighted by molar-refractivity contribution is 5.85. The fourth-order valence-electron chi connectivity index (χ4n) is 2.19. The zero-order valence-electron chi connectivity index (χ0n) is 11.5. The molecule has 4 heteroatoms. The third-order valence-electron chi connectivity index (χ3n) is 3.29. The summed E-state index contributed by atoms with van der Waals surface area (Å²) in [5, 5.41) is 13.0. The molecule has 0 fully saturated rings. The molecule has 19 heavy (non-hydrogen) atoms. The quantitative estimate of drug-likeness (QED) is 0.917. The van der Waals surface area contributed by atoms with Crippen molar-refractivity contribution in [1.82, 2.24) is 9.78 Å². The van der Waals surface area contributed by atoms with Gasteiger partial charge in [-0.2, -0.15) is 5.10 Å². The van der Waals surface area contributed by atoms with Gasteiger partial charge in [0.2, 0.25) is 0 Å². The summed E-state index contributed by atoms with van der Waals surface area (Å²) in [6.07, 6.45) is 0.855. The van der Waals surface area contributed by atoms with Crippen molar-refractivity contribution in [2.45, 2.75) is 33.7 Å². The first kappa shape index (κ1) is 13.3. The van der Waals surface area contributed by atoms with E-state index in [1.54, 1.807) is 10.7 Å². The molecule has 0 bridgehead atoms. The maximum Gasteiger partial charge on any atom is 0.356 e. The van der Waals surface area contributed by atoms with Crippen LogP contribution in [0.15, 0.2) is 24.3 Å². The van der Waals surface area contributed by atoms with Crippen LogP contribution in [0.1, 0.15) is 32.9 Å². The van der Waals surface area contributed by atoms with Gasteiger partial charge in [-0.05, 0) is 44.4 Å². The topological polar surface area (TPSA) is 55.1 Å². The molecule has 0 aliphatic rings. The van der Waals surface area contributed by atoms with Crippen molar-refractivity contribution in [3.63, 3.8) is 0 Å². The summed E-state index contributed by atoms with van der Waals surface area (Å²) in [4.78, 5) is 10.9. The largest absolute Gasteiger partial charge is 0.476 e. The summed E-state index contributed by atoms with van der Waals surface area (Å²) in [6, 6.07) is 7.99. The van der Waals surface area contributed by atoms with Crippen LogP contribution in [0.3, 0.4) is 0 Å². The van der Waals surface area contributed by atoms with Gasteiger partial charge in [0.05, 0.1) is 0 Å². The normalized spacial score (nSPS) is 10.7. The average molecular weight is 258 g/mol. The minimum Gasteiger partial charge on any atom is -0.476 e. The molecule has 100 valence electrons. The first-order chi connectivity index (χ1) is 8.97. The fraction of sp³-hybridized carbons (Fsp3) is 0.333. The molecule has 1 N–H and O–H groups in total. The summed E-state index contributed by atoms with van der Waals surface area (Å²) in [5.74, 6) is -0.978. The molecule has 0 aliphatic heterocycles. The summed E-state index contributed by atoms with van der Waals surface area (Å²) < 4.78 is 1.75. The van der Waals surface area contributed by atoms with Crippen molar-refractivity contribution >= 4 is 5.97 Å². The van der Waals surface area contributed by atoms with Crippen molar-refractivity contribution < 1.29 is 9.90 Å². The van der Waals surface area contributed by atoms with Crippen molar-refractivity contribution in [2.75, 3.05) is 0 Å². The highest BCUT2D eigenvalue weighted by atomic mass is 16.4. The van der Waals surface area contributed by atoms with Gasteiger partial charge in [-0.25, -0.2) is 4.79 Å². The second-order valence-electron chi connectivity index (χ2n) is 4.88. The van der Waals surface area contributed by atoms with Crippen molar-refractivity contribution in [2.24, 2.45) is 0 Å². The van der Waals surface area contributed by atoms with Crippen LogP contribution < -0.4 is 0 Å². The highest BCUT2D eigenvalue weighted by Crippen LogP contribution is 2.13. The molecule has 0 aliphatic carbocycles. The molecule has 1 aromatic carbocycles. The number of benzene rings is 1. The third-order valence-corrected chi connectivity index (χ3v) is 3.29. The average Bonchev–Trinajstić information content (AvgIpc) is 2.70. The molecule has 1 heterocycles. The Balaban J connectivity index is 2.12. The molecule has 0 spiro atoms. The van der Waals surface area contributed by atoms with Crippen LogP contribution in [0.2, 0.25) is 0 Å². The van der Waals surface area contributed by atoms with Gasteiger partial charge in [-0.1, -0.05) is 23.8 Å². The third kappa shape index (κ3) is 3.02. The zero-order valence-corrected chi connectivity index (χ0v) is 11.5. The van der Waals surface area contributed by atoms with E-state index in [0.717, 1.165) is 12.1 Å². The minimum absolute atomic E-state index is 0.109. The van der Waals surface area contributed by atoms with E-state index < -0.39 is 5.97 Å². The second-order valence-corrected chi connectivity index (χ2v) is 4.88. The number of aromatic nitrogens is 2. The number of aryl methyl sites for hydroxylation is 5. The van der Waals surface area contributed by atoms with E-state index in [1.165, 1.54) is 16.7 Å². The Morgan fingerprint density at radius 1 is 1.26 bits per heavy atom. The maximum absolute atomic E-state index is 10.9. The van der Waals surface area contributed by atoms with Gasteiger partial charge >= 0.3 is 5.97 Å². The lowest BCUT2D eigenvalue weighted by atomic mass is 10.0. The molecule has 2 aromatic rings. The van der Waals surface area contributed by atoms with Crippen LogP contribution in [0.25, 0.3) is 0 Å². The van der Waals surface area contributed by atoms with Gasteiger partial charge in [-0.15, -0.1) is 0 Å². The molecule has 0 saturated heterocycles. The lowest BCUT2D eigenvalue weighted by Crippen LogP contribution is -2.07. The number of nitrogens with zero attached hydrogens (tertiary/aromatic N) is 2. The van der Waals surface area contributed by atoms with E-state index in [-0.39, 0.29) is 5.69 Å². The zero-order chi connectivity index (χ0) is 14.0. The Morgan fingerprint density at radius 3 is 2.58 bits per heavy atom. The molecular formula is C15H18N2O2. The minimum atomic E-state index is -0.978. The van der Waals surface area contributed by atoms with Crippen LogP contribution in [0, 0.1) is 20.8 Å². The number of rotatable bonds is 4. The first-order valence-corrected chi connectivity index (χ1v) is 6.31. The van der Waals surface area contributed by atoms with E-state index in [1.807, 2.05) is 6.92 Å². The van der Waals surface area contributed by atoms with Gasteiger partial charge in [0.15, 0.2) is 5.69 Å². The molecule has 0 amide bonds. The molecule has 1 aromatic heterocycles. The van der Waals surface area contributed by atoms with Crippen molar-refractivity contribution in [3.05, 3.63) is 52.3 Å². The van der Waals surface area contributed by atoms with E-state index in [2.05, 4.69) is 37.1 Å². The predicted molar refractivity (Wildman–Crippen MR) is 73.5 cm³/mol. The summed E-state index contributed by atoms with van der Waals surface area (Å²) in [5.41, 5.74) is 4.78. The van der Waals surface area contributed by atoms with E-state index in [4.69, 9.17) is 5.11 Å². The lowest BCUT2D eigenvalue weighted by Gasteiger charge is -2.08. The molecule has 0 atom stereocenters. The summed E-state index contributed by atoms with van der Waals surface area (Å²) in [7, 11) is 0. The molecular weight excluding hydrogens is 240 g/mol. The number of hydrogen-bond acceptors (Lipinski definition) is 2. The Kier molecular flexibility index (Phi) is 3.69. The van der Waals surface area contributed by atoms with Gasteiger partial charge in [0, 0.05) is 12.2 Å². The van der Waals surface area contributed by atoms with Crippen molar-refractivity contribution in [1.29, 1.82) is 0 Å². The number of aromatic carboxylic acids is 1. The van der Waals surface area contributed by atoms with Crippen LogP contribution >= 0.6 is 0 Å². The van der Waals surface area contributed by atoms with Crippen molar-refractivity contribution in [3.8, 4) is 0 Å². The van der Waals surface area contributed by atoms with E-state index >= 15 is 0 Å². The van der Waals surface area contributed by atoms with Crippen LogP contribution in [-0.2, 0) is 13.0 Å². The Labute approximate surface area is 112 Å². The van der Waals surface area contributed by atoms with Crippen LogP contribution in [0.5, 0.6) is 0 Å². The van der Waals surface area contributed by atoms with Gasteiger partial charge < -0.3 is 5.11 Å². The standard InChI is InChI=1S/C15H18N2O2/c1-10-4-5-13(11(2)8-10)6-7-17-12(3)9-14(16-17)15(18)19/h4-5,8-9H,6-7H2,1-3H3,(H,18,19). The summed E-state index contributed by atoms with van der Waals surface area (Å²) >= 11 is 0. The van der Waals surface area contributed by atoms with E-state index in [0.29, 0.717) is 6.54 Å². The molecule has 0 radical (unpaired) electrons. The van der Waals surface area contributed by atoms with E-state index in [9.17, 15) is 4.79 Å². The Morgan fingerprint density at radius 2 is 2.00 bits per heavy atom. The first-order valence-electron chi connectivity index (χ1n) is 6.31. The van der Waals surface area contributed by atoms with Crippen LogP contribution in [0.4, 0.5) is 0 Å². The number of carboxylic acids is 1. The Hall–Kier alpha value is -2.10. The maximum atomic E-state index is 10.9. The highest BCUT2D eigenvalue weighted by Gasteiger charge is 2.10. The number of hydrogen-bond donors (Lipinski definition) is 1. The molecule has 4 nitrogen and oxygen atoms in total. The smallest absolute Gasteiger partial charge is 0.356 e. The number of carbonyl (C=O) groups is 1. The van der Waals surface area contributed by atoms with Crippen LogP contribution in [-0.4, -0.2) is 20.9 Å². The lowest BCUT2D eigenvalue weighted by molar-refractivity contribution is 0.0689. The van der Waals surface area contributed by atoms with Gasteiger partial charge in [0.1, 0.15) is 0 Å². The fourth-order valence-corrected chi connectivity index (χ4v) is 2.19.